The van der Waals surface area contributed by atoms with E-state index >= 15 is 0 Å². The molecule has 1 rings (SSSR count). The van der Waals surface area contributed by atoms with Crippen LogP contribution in [0.4, 0.5) is 0 Å². The molecule has 0 spiro atoms. The van der Waals surface area contributed by atoms with Crippen LogP contribution in [0.1, 0.15) is 48.0 Å². The molecule has 1 heterocycles. The molecular weight excluding hydrogens is 227 g/mol. The van der Waals surface area contributed by atoms with Crippen LogP contribution in [-0.2, 0) is 4.52 Å². The zero-order chi connectivity index (χ0) is 13.2. The molecule has 0 saturated carbocycles. The van der Waals surface area contributed by atoms with Crippen molar-refractivity contribution in [1.29, 1.82) is 0 Å². The third-order valence-corrected chi connectivity index (χ3v) is 6.15. The van der Waals surface area contributed by atoms with E-state index in [1.165, 1.54) is 21.8 Å². The first kappa shape index (κ1) is 14.5. The van der Waals surface area contributed by atoms with Crippen molar-refractivity contribution in [3.8, 4) is 0 Å². The Hall–Kier alpha value is -0.550. The predicted molar refractivity (Wildman–Crippen MR) is 77.9 cm³/mol. The van der Waals surface area contributed by atoms with Gasteiger partial charge in [0.25, 0.3) is 0 Å². The molecule has 0 saturated heterocycles. The second kappa shape index (κ2) is 5.87. The van der Waals surface area contributed by atoms with Crippen molar-refractivity contribution in [2.24, 2.45) is 11.8 Å². The van der Waals surface area contributed by atoms with Crippen LogP contribution in [0.15, 0.2) is 34.6 Å². The van der Waals surface area contributed by atoms with Gasteiger partial charge in [0, 0.05) is 0 Å². The minimum absolute atomic E-state index is 0.558. The van der Waals surface area contributed by atoms with E-state index in [-0.39, 0.29) is 0 Å². The monoisotopic (exact) mass is 252 g/mol. The lowest BCUT2D eigenvalue weighted by atomic mass is 10.00. The predicted octanol–water partition coefficient (Wildman–Crippen LogP) is 5.81. The lowest BCUT2D eigenvalue weighted by molar-refractivity contribution is 0.533. The van der Waals surface area contributed by atoms with E-state index in [9.17, 15) is 0 Å². The van der Waals surface area contributed by atoms with Gasteiger partial charge in [-0.15, -0.1) is 0 Å². The number of allylic oxidation sites excluding steroid dienone is 4. The topological polar surface area (TPSA) is 9.23 Å². The van der Waals surface area contributed by atoms with E-state index in [2.05, 4.69) is 48.1 Å². The molecule has 0 radical (unpaired) electrons. The summed E-state index contributed by atoms with van der Waals surface area (Å²) in [5.41, 5.74) is 2.99. The standard InChI is InChI=1S/C15H25OP/c1-8-16-17-14(10(2)3)12(6)9-13(7)15(17)11(4)5/h8,10-11H,1,9H2,2-7H3. The Labute approximate surface area is 107 Å². The molecule has 0 bridgehead atoms. The summed E-state index contributed by atoms with van der Waals surface area (Å²) in [4.78, 5) is 0. The molecule has 0 N–H and O–H groups in total. The number of hydrogen-bond acceptors (Lipinski definition) is 1. The first-order chi connectivity index (χ1) is 7.90. The van der Waals surface area contributed by atoms with Gasteiger partial charge in [-0.1, -0.05) is 45.4 Å². The van der Waals surface area contributed by atoms with E-state index in [1.807, 2.05) is 0 Å². The second-order valence-corrected chi connectivity index (χ2v) is 7.15. The Morgan fingerprint density at radius 1 is 1.06 bits per heavy atom. The largest absolute Gasteiger partial charge is 0.473 e. The fraction of sp³-hybridized carbons (Fsp3) is 0.600. The van der Waals surface area contributed by atoms with Crippen molar-refractivity contribution in [3.05, 3.63) is 34.6 Å². The Bertz CT molecular complexity index is 331. The van der Waals surface area contributed by atoms with Gasteiger partial charge >= 0.3 is 0 Å². The Morgan fingerprint density at radius 3 is 1.76 bits per heavy atom. The minimum Gasteiger partial charge on any atom is -0.473 e. The van der Waals surface area contributed by atoms with Gasteiger partial charge in [0.15, 0.2) is 0 Å². The van der Waals surface area contributed by atoms with Gasteiger partial charge < -0.3 is 4.52 Å². The van der Waals surface area contributed by atoms with Gasteiger partial charge in [0.1, 0.15) is 8.15 Å². The molecule has 0 aliphatic carbocycles. The fourth-order valence-corrected chi connectivity index (χ4v) is 5.12. The summed E-state index contributed by atoms with van der Waals surface area (Å²) in [6.45, 7) is 17.3. The van der Waals surface area contributed by atoms with Crippen molar-refractivity contribution in [3.63, 3.8) is 0 Å². The first-order valence-electron chi connectivity index (χ1n) is 6.37. The van der Waals surface area contributed by atoms with Gasteiger partial charge in [-0.3, -0.25) is 0 Å². The highest BCUT2D eigenvalue weighted by molar-refractivity contribution is 7.61. The molecule has 0 aromatic carbocycles. The highest BCUT2D eigenvalue weighted by Crippen LogP contribution is 2.63. The Kier molecular flexibility index (Phi) is 5.01. The highest BCUT2D eigenvalue weighted by atomic mass is 31.1. The smallest absolute Gasteiger partial charge is 0.141 e. The molecular formula is C15H25OP. The normalized spacial score (nSPS) is 18.4. The van der Waals surface area contributed by atoms with Crippen molar-refractivity contribution >= 4 is 8.15 Å². The third kappa shape index (κ3) is 3.01. The minimum atomic E-state index is -0.615. The fourth-order valence-electron chi connectivity index (χ4n) is 2.70. The van der Waals surface area contributed by atoms with Gasteiger partial charge in [0.2, 0.25) is 0 Å². The maximum atomic E-state index is 5.88. The molecule has 96 valence electrons. The van der Waals surface area contributed by atoms with E-state index < -0.39 is 8.15 Å². The van der Waals surface area contributed by atoms with Crippen LogP contribution in [0.3, 0.4) is 0 Å². The molecule has 0 aromatic rings. The third-order valence-electron chi connectivity index (χ3n) is 3.12. The highest BCUT2D eigenvalue weighted by Gasteiger charge is 2.31. The summed E-state index contributed by atoms with van der Waals surface area (Å²) in [7, 11) is -0.615. The number of rotatable bonds is 4. The molecule has 0 atom stereocenters. The Balaban J connectivity index is 3.23. The molecule has 1 aliphatic heterocycles. The molecule has 1 nitrogen and oxygen atoms in total. The molecule has 0 aromatic heterocycles. The zero-order valence-corrected chi connectivity index (χ0v) is 12.9. The lowest BCUT2D eigenvalue weighted by Gasteiger charge is -2.34. The van der Waals surface area contributed by atoms with Gasteiger partial charge in [-0.25, -0.2) is 0 Å². The molecule has 0 fully saturated rings. The van der Waals surface area contributed by atoms with Crippen LogP contribution in [-0.4, -0.2) is 0 Å². The maximum Gasteiger partial charge on any atom is 0.141 e. The molecule has 17 heavy (non-hydrogen) atoms. The molecule has 0 unspecified atom stereocenters. The molecule has 2 heteroatoms. The van der Waals surface area contributed by atoms with E-state index in [4.69, 9.17) is 4.52 Å². The van der Waals surface area contributed by atoms with Crippen LogP contribution in [0.2, 0.25) is 0 Å². The van der Waals surface area contributed by atoms with Crippen molar-refractivity contribution in [2.75, 3.05) is 0 Å². The van der Waals surface area contributed by atoms with Crippen LogP contribution in [0, 0.1) is 11.8 Å². The van der Waals surface area contributed by atoms with Gasteiger partial charge in [0.05, 0.1) is 6.26 Å². The first-order valence-corrected chi connectivity index (χ1v) is 7.63. The zero-order valence-electron chi connectivity index (χ0n) is 12.0. The van der Waals surface area contributed by atoms with Crippen LogP contribution < -0.4 is 0 Å². The summed E-state index contributed by atoms with van der Waals surface area (Å²) >= 11 is 0. The molecule has 1 aliphatic rings. The quantitative estimate of drug-likeness (QED) is 0.453. The summed E-state index contributed by atoms with van der Waals surface area (Å²) in [6, 6.07) is 0. The van der Waals surface area contributed by atoms with E-state index in [1.54, 1.807) is 6.26 Å². The number of hydrogen-bond donors (Lipinski definition) is 0. The van der Waals surface area contributed by atoms with E-state index in [0.29, 0.717) is 11.8 Å². The summed E-state index contributed by atoms with van der Waals surface area (Å²) < 4.78 is 5.88. The average molecular weight is 252 g/mol. The average Bonchev–Trinajstić information content (AvgIpc) is 2.15. The van der Waals surface area contributed by atoms with Crippen molar-refractivity contribution in [2.45, 2.75) is 48.0 Å². The van der Waals surface area contributed by atoms with Crippen LogP contribution >= 0.6 is 8.15 Å². The van der Waals surface area contributed by atoms with Crippen LogP contribution in [0.5, 0.6) is 0 Å². The summed E-state index contributed by atoms with van der Waals surface area (Å²) in [6.07, 6.45) is 2.72. The van der Waals surface area contributed by atoms with Gasteiger partial charge in [-0.05, 0) is 42.7 Å². The van der Waals surface area contributed by atoms with Crippen molar-refractivity contribution in [1.82, 2.24) is 0 Å². The Morgan fingerprint density at radius 2 is 1.47 bits per heavy atom. The lowest BCUT2D eigenvalue weighted by Crippen LogP contribution is -2.09. The maximum absolute atomic E-state index is 5.88. The molecule has 0 amide bonds. The summed E-state index contributed by atoms with van der Waals surface area (Å²) in [5, 5.41) is 3.02. The van der Waals surface area contributed by atoms with Gasteiger partial charge in [-0.2, -0.15) is 0 Å². The van der Waals surface area contributed by atoms with Crippen LogP contribution in [0.25, 0.3) is 0 Å². The van der Waals surface area contributed by atoms with E-state index in [0.717, 1.165) is 6.42 Å². The van der Waals surface area contributed by atoms with Crippen molar-refractivity contribution < 1.29 is 4.52 Å². The summed E-state index contributed by atoms with van der Waals surface area (Å²) in [5.74, 6) is 1.12. The SMILES string of the molecule is C=COP1C(C(C)C)=C(C)CC(C)=C1C(C)C. The second-order valence-electron chi connectivity index (χ2n) is 5.38.